The molecule has 0 spiro atoms. The Labute approximate surface area is 262 Å². The van der Waals surface area contributed by atoms with Crippen LogP contribution >= 0.6 is 0 Å². The molecule has 3 heteroatoms. The Bertz CT molecular complexity index is 2370. The van der Waals surface area contributed by atoms with E-state index in [0.717, 1.165) is 55.6 Å². The first kappa shape index (κ1) is 26.7. The molecule has 0 radical (unpaired) electrons. The summed E-state index contributed by atoms with van der Waals surface area (Å²) in [6.07, 6.45) is 8.15. The molecule has 0 aliphatic heterocycles. The summed E-state index contributed by atoms with van der Waals surface area (Å²) in [5.74, 6) is 0. The number of aromatic nitrogens is 3. The Balaban J connectivity index is 1.34. The van der Waals surface area contributed by atoms with Gasteiger partial charge in [-0.3, -0.25) is 4.98 Å². The second kappa shape index (κ2) is 11.0. The fraction of sp³-hybridized carbons (Fsp3) is 0.0238. The van der Waals surface area contributed by atoms with Gasteiger partial charge in [0.1, 0.15) is 0 Å². The summed E-state index contributed by atoms with van der Waals surface area (Å²) in [5, 5.41) is 2.32. The lowest BCUT2D eigenvalue weighted by Gasteiger charge is -2.11. The van der Waals surface area contributed by atoms with E-state index in [9.17, 15) is 0 Å². The van der Waals surface area contributed by atoms with Crippen LogP contribution < -0.4 is 0 Å². The van der Waals surface area contributed by atoms with Gasteiger partial charge >= 0.3 is 0 Å². The summed E-state index contributed by atoms with van der Waals surface area (Å²) >= 11 is 0. The number of hydrogen-bond donors (Lipinski definition) is 0. The Morgan fingerprint density at radius 2 is 1.29 bits per heavy atom. The molecule has 8 rings (SSSR count). The van der Waals surface area contributed by atoms with Crippen LogP contribution in [0.15, 0.2) is 152 Å². The lowest BCUT2D eigenvalue weighted by molar-refractivity contribution is 1.10. The van der Waals surface area contributed by atoms with Crippen LogP contribution in [0.4, 0.5) is 0 Å². The van der Waals surface area contributed by atoms with Gasteiger partial charge in [-0.05, 0) is 89.9 Å². The van der Waals surface area contributed by atoms with E-state index in [-0.39, 0.29) is 0 Å². The molecule has 0 saturated carbocycles. The average molecular weight is 578 g/mol. The molecule has 0 aliphatic carbocycles. The first-order valence-electron chi connectivity index (χ1n) is 15.3. The molecule has 0 amide bonds. The van der Waals surface area contributed by atoms with Crippen molar-refractivity contribution in [2.45, 2.75) is 6.92 Å². The summed E-state index contributed by atoms with van der Waals surface area (Å²) in [4.78, 5) is 4.88. The third-order valence-corrected chi connectivity index (χ3v) is 8.68. The second-order valence-electron chi connectivity index (χ2n) is 11.2. The number of pyridine rings is 1. The summed E-state index contributed by atoms with van der Waals surface area (Å²) < 4.78 is 4.66. The molecular weight excluding hydrogens is 546 g/mol. The Morgan fingerprint density at radius 1 is 0.600 bits per heavy atom. The first-order valence-corrected chi connectivity index (χ1v) is 15.3. The lowest BCUT2D eigenvalue weighted by atomic mass is 9.97. The normalized spacial score (nSPS) is 11.7. The minimum atomic E-state index is 0.995. The number of rotatable bonds is 6. The van der Waals surface area contributed by atoms with Crippen LogP contribution in [0, 0.1) is 0 Å². The number of nitrogens with zero attached hydrogens (tertiary/aromatic N) is 3. The SMILES string of the molecule is C=Cc1c(/C=C\C)n(-c2ccccc2)c2cccc(-c3ccc4c(c3)c3ncccc3n4-c3ccc(-c4ccccc4)cc3)c12. The van der Waals surface area contributed by atoms with Crippen LogP contribution in [-0.4, -0.2) is 14.1 Å². The van der Waals surface area contributed by atoms with E-state index in [1.54, 1.807) is 0 Å². The zero-order valence-electron chi connectivity index (χ0n) is 25.1. The van der Waals surface area contributed by atoms with E-state index in [2.05, 4.69) is 162 Å². The quantitative estimate of drug-likeness (QED) is 0.193. The van der Waals surface area contributed by atoms with Gasteiger partial charge in [0.05, 0.1) is 27.8 Å². The molecule has 0 atom stereocenters. The van der Waals surface area contributed by atoms with Gasteiger partial charge < -0.3 is 9.13 Å². The van der Waals surface area contributed by atoms with Crippen molar-refractivity contribution in [2.24, 2.45) is 0 Å². The van der Waals surface area contributed by atoms with Gasteiger partial charge in [-0.25, -0.2) is 0 Å². The standard InChI is InChI=1S/C42H31N3/c1-3-13-37-34(4-2)41-35(18-11-19-39(41)44(37)32-16-9-6-10-17-32)31-23-26-38-36(28-31)42-40(20-12-27-43-42)45(38)33-24-21-30(22-25-33)29-14-7-5-8-15-29/h3-28H,2H2,1H3/b13-3-. The van der Waals surface area contributed by atoms with Crippen LogP contribution in [0.1, 0.15) is 18.2 Å². The Hall–Kier alpha value is -5.93. The minimum absolute atomic E-state index is 0.995. The van der Waals surface area contributed by atoms with E-state index < -0.39 is 0 Å². The van der Waals surface area contributed by atoms with Gasteiger partial charge in [-0.15, -0.1) is 0 Å². The van der Waals surface area contributed by atoms with E-state index in [1.165, 1.54) is 22.1 Å². The maximum absolute atomic E-state index is 4.88. The molecule has 3 aromatic heterocycles. The Morgan fingerprint density at radius 3 is 2.04 bits per heavy atom. The molecule has 0 N–H and O–H groups in total. The predicted octanol–water partition coefficient (Wildman–Crippen LogP) is 11.1. The topological polar surface area (TPSA) is 22.8 Å². The lowest BCUT2D eigenvalue weighted by Crippen LogP contribution is -1.96. The van der Waals surface area contributed by atoms with Gasteiger partial charge in [0.25, 0.3) is 0 Å². The third-order valence-electron chi connectivity index (χ3n) is 8.68. The average Bonchev–Trinajstić information content (AvgIpc) is 3.61. The highest BCUT2D eigenvalue weighted by Gasteiger charge is 2.20. The van der Waals surface area contributed by atoms with Crippen molar-refractivity contribution in [3.8, 4) is 33.6 Å². The number of fused-ring (bicyclic) bond motifs is 4. The minimum Gasteiger partial charge on any atom is -0.309 e. The molecule has 3 nitrogen and oxygen atoms in total. The van der Waals surface area contributed by atoms with Crippen LogP contribution in [0.25, 0.3) is 78.6 Å². The van der Waals surface area contributed by atoms with E-state index >= 15 is 0 Å². The zero-order valence-corrected chi connectivity index (χ0v) is 25.1. The Kier molecular flexibility index (Phi) is 6.50. The molecule has 214 valence electrons. The fourth-order valence-electron chi connectivity index (χ4n) is 6.73. The summed E-state index contributed by atoms with van der Waals surface area (Å²) in [7, 11) is 0. The zero-order chi connectivity index (χ0) is 30.3. The molecule has 0 saturated heterocycles. The number of hydrogen-bond acceptors (Lipinski definition) is 1. The fourth-order valence-corrected chi connectivity index (χ4v) is 6.73. The van der Waals surface area contributed by atoms with Crippen molar-refractivity contribution in [3.05, 3.63) is 164 Å². The number of para-hydroxylation sites is 1. The van der Waals surface area contributed by atoms with Crippen LogP contribution in [0.2, 0.25) is 0 Å². The number of allylic oxidation sites excluding steroid dienone is 1. The summed E-state index contributed by atoms with van der Waals surface area (Å²) in [6, 6.07) is 47.4. The summed E-state index contributed by atoms with van der Waals surface area (Å²) in [6.45, 7) is 6.32. The third kappa shape index (κ3) is 4.32. The van der Waals surface area contributed by atoms with Crippen molar-refractivity contribution in [1.82, 2.24) is 14.1 Å². The van der Waals surface area contributed by atoms with Crippen molar-refractivity contribution in [2.75, 3.05) is 0 Å². The molecular formula is C42H31N3. The highest BCUT2D eigenvalue weighted by atomic mass is 15.0. The van der Waals surface area contributed by atoms with Crippen LogP contribution in [0.5, 0.6) is 0 Å². The molecule has 0 bridgehead atoms. The van der Waals surface area contributed by atoms with Crippen molar-refractivity contribution < 1.29 is 0 Å². The van der Waals surface area contributed by atoms with Crippen LogP contribution in [-0.2, 0) is 0 Å². The molecule has 8 aromatic rings. The molecule has 3 heterocycles. The van der Waals surface area contributed by atoms with Crippen LogP contribution in [0.3, 0.4) is 0 Å². The highest BCUT2D eigenvalue weighted by molar-refractivity contribution is 6.11. The van der Waals surface area contributed by atoms with Gasteiger partial charge in [0, 0.05) is 33.9 Å². The smallest absolute Gasteiger partial charge is 0.0963 e. The van der Waals surface area contributed by atoms with Gasteiger partial charge in [-0.2, -0.15) is 0 Å². The van der Waals surface area contributed by atoms with Crippen molar-refractivity contribution in [3.63, 3.8) is 0 Å². The van der Waals surface area contributed by atoms with E-state index in [1.807, 2.05) is 18.3 Å². The molecule has 0 aliphatic rings. The van der Waals surface area contributed by atoms with E-state index in [0.29, 0.717) is 0 Å². The van der Waals surface area contributed by atoms with Gasteiger partial charge in [0.2, 0.25) is 0 Å². The van der Waals surface area contributed by atoms with Gasteiger partial charge in [0.15, 0.2) is 0 Å². The maximum atomic E-state index is 4.88. The molecule has 45 heavy (non-hydrogen) atoms. The molecule has 5 aromatic carbocycles. The number of benzene rings is 5. The maximum Gasteiger partial charge on any atom is 0.0963 e. The first-order chi connectivity index (χ1) is 22.3. The van der Waals surface area contributed by atoms with Crippen molar-refractivity contribution in [1.29, 1.82) is 0 Å². The van der Waals surface area contributed by atoms with E-state index in [4.69, 9.17) is 4.98 Å². The molecule has 0 fully saturated rings. The largest absolute Gasteiger partial charge is 0.309 e. The predicted molar refractivity (Wildman–Crippen MR) is 191 cm³/mol. The monoisotopic (exact) mass is 577 g/mol. The van der Waals surface area contributed by atoms with Crippen molar-refractivity contribution >= 4 is 45.0 Å². The highest BCUT2D eigenvalue weighted by Crippen LogP contribution is 2.40. The van der Waals surface area contributed by atoms with Gasteiger partial charge in [-0.1, -0.05) is 97.6 Å². The second-order valence-corrected chi connectivity index (χ2v) is 11.2. The molecule has 0 unspecified atom stereocenters. The summed E-state index contributed by atoms with van der Waals surface area (Å²) in [5.41, 5.74) is 13.6.